The fourth-order valence-electron chi connectivity index (χ4n) is 8.19. The van der Waals surface area contributed by atoms with Crippen LogP contribution in [-0.4, -0.2) is 9.97 Å². The molecule has 0 bridgehead atoms. The predicted molar refractivity (Wildman–Crippen MR) is 200 cm³/mol. The SMILES string of the molecule is c1ccc(-c2ccc(-c3ccc(-c4nc(-c5ccccc5)nc5c4C4(c6ccccc6-c6ccccc64)c4ccccc4-5)cc3)cc2)cc1. The number of hydrogen-bond donors (Lipinski definition) is 0. The van der Waals surface area contributed by atoms with Crippen LogP contribution in [0.25, 0.3) is 67.3 Å². The van der Waals surface area contributed by atoms with Crippen molar-refractivity contribution in [2.45, 2.75) is 5.41 Å². The van der Waals surface area contributed by atoms with E-state index in [1.165, 1.54) is 55.6 Å². The van der Waals surface area contributed by atoms with E-state index in [-0.39, 0.29) is 0 Å². The highest BCUT2D eigenvalue weighted by molar-refractivity contribution is 5.97. The first-order chi connectivity index (χ1) is 24.3. The Morgan fingerprint density at radius 2 is 0.653 bits per heavy atom. The van der Waals surface area contributed by atoms with E-state index in [2.05, 4.69) is 176 Å². The summed E-state index contributed by atoms with van der Waals surface area (Å²) >= 11 is 0. The summed E-state index contributed by atoms with van der Waals surface area (Å²) in [7, 11) is 0. The van der Waals surface area contributed by atoms with Crippen LogP contribution in [-0.2, 0) is 5.41 Å². The van der Waals surface area contributed by atoms with Crippen LogP contribution >= 0.6 is 0 Å². The zero-order valence-corrected chi connectivity index (χ0v) is 26.7. The summed E-state index contributed by atoms with van der Waals surface area (Å²) in [5.74, 6) is 0.737. The minimum Gasteiger partial charge on any atom is -0.228 e. The average Bonchev–Trinajstić information content (AvgIpc) is 3.66. The van der Waals surface area contributed by atoms with E-state index in [0.29, 0.717) is 0 Å². The molecule has 0 fully saturated rings. The third-order valence-electron chi connectivity index (χ3n) is 10.3. The zero-order chi connectivity index (χ0) is 32.4. The fourth-order valence-corrected chi connectivity index (χ4v) is 8.19. The normalized spacial score (nSPS) is 13.1. The van der Waals surface area contributed by atoms with Gasteiger partial charge in [0.2, 0.25) is 0 Å². The highest BCUT2D eigenvalue weighted by atomic mass is 14.9. The van der Waals surface area contributed by atoms with Crippen LogP contribution < -0.4 is 0 Å². The van der Waals surface area contributed by atoms with Gasteiger partial charge in [-0.1, -0.05) is 182 Å². The molecule has 2 aliphatic rings. The van der Waals surface area contributed by atoms with E-state index in [4.69, 9.17) is 9.97 Å². The van der Waals surface area contributed by atoms with Gasteiger partial charge < -0.3 is 0 Å². The van der Waals surface area contributed by atoms with Crippen molar-refractivity contribution in [1.29, 1.82) is 0 Å². The summed E-state index contributed by atoms with van der Waals surface area (Å²) in [6.45, 7) is 0. The molecule has 1 spiro atoms. The van der Waals surface area contributed by atoms with Gasteiger partial charge in [-0.25, -0.2) is 9.97 Å². The lowest BCUT2D eigenvalue weighted by Crippen LogP contribution is -2.27. The fraction of sp³-hybridized carbons (Fsp3) is 0.0213. The number of fused-ring (bicyclic) bond motifs is 10. The predicted octanol–water partition coefficient (Wildman–Crippen LogP) is 11.5. The Morgan fingerprint density at radius 3 is 1.18 bits per heavy atom. The highest BCUT2D eigenvalue weighted by Gasteiger charge is 2.54. The Hall–Kier alpha value is -6.38. The standard InChI is InChI=1S/C47H30N2/c1-3-13-31(14-4-1)32-23-25-33(26-24-32)34-27-29-35(30-28-34)44-43-45(49-46(48-44)36-15-5-2-6-16-36)39-19-9-12-22-42(39)47(43)40-20-10-7-17-37(40)38-18-8-11-21-41(38)47/h1-30H. The van der Waals surface area contributed by atoms with Crippen LogP contribution in [0, 0.1) is 0 Å². The van der Waals surface area contributed by atoms with Crippen molar-refractivity contribution >= 4 is 0 Å². The molecule has 0 N–H and O–H groups in total. The molecule has 49 heavy (non-hydrogen) atoms. The van der Waals surface area contributed by atoms with Crippen LogP contribution in [0.2, 0.25) is 0 Å². The maximum absolute atomic E-state index is 5.47. The average molecular weight is 623 g/mol. The summed E-state index contributed by atoms with van der Waals surface area (Å²) in [6.07, 6.45) is 0. The molecule has 2 nitrogen and oxygen atoms in total. The third kappa shape index (κ3) is 4.07. The Labute approximate surface area is 286 Å². The van der Waals surface area contributed by atoms with Crippen LogP contribution in [0.5, 0.6) is 0 Å². The molecular formula is C47H30N2. The van der Waals surface area contributed by atoms with Gasteiger partial charge in [0.15, 0.2) is 5.82 Å². The van der Waals surface area contributed by atoms with E-state index < -0.39 is 5.41 Å². The molecular weight excluding hydrogens is 593 g/mol. The van der Waals surface area contributed by atoms with Crippen LogP contribution in [0.4, 0.5) is 0 Å². The summed E-state index contributed by atoms with van der Waals surface area (Å²) in [4.78, 5) is 10.9. The smallest absolute Gasteiger partial charge is 0.160 e. The lowest BCUT2D eigenvalue weighted by molar-refractivity contribution is 0.788. The van der Waals surface area contributed by atoms with Gasteiger partial charge in [0.25, 0.3) is 0 Å². The molecule has 0 saturated heterocycles. The van der Waals surface area contributed by atoms with Crippen molar-refractivity contribution in [3.05, 3.63) is 204 Å². The van der Waals surface area contributed by atoms with Crippen molar-refractivity contribution in [2.24, 2.45) is 0 Å². The Morgan fingerprint density at radius 1 is 0.286 bits per heavy atom. The van der Waals surface area contributed by atoms with Gasteiger partial charge in [-0.3, -0.25) is 0 Å². The van der Waals surface area contributed by atoms with E-state index in [1.807, 2.05) is 6.07 Å². The second kappa shape index (κ2) is 10.8. The summed E-state index contributed by atoms with van der Waals surface area (Å²) in [5.41, 5.74) is 17.0. The molecule has 0 aliphatic heterocycles. The highest BCUT2D eigenvalue weighted by Crippen LogP contribution is 2.64. The Kier molecular flexibility index (Phi) is 6.13. The van der Waals surface area contributed by atoms with Gasteiger partial charge in [0.1, 0.15) is 0 Å². The molecule has 8 aromatic rings. The van der Waals surface area contributed by atoms with Gasteiger partial charge in [-0.2, -0.15) is 0 Å². The summed E-state index contributed by atoms with van der Waals surface area (Å²) in [6, 6.07) is 65.3. The molecule has 0 saturated carbocycles. The molecule has 0 amide bonds. The number of benzene rings is 7. The van der Waals surface area contributed by atoms with E-state index in [0.717, 1.165) is 33.9 Å². The summed E-state index contributed by atoms with van der Waals surface area (Å²) in [5, 5.41) is 0. The van der Waals surface area contributed by atoms with Gasteiger partial charge >= 0.3 is 0 Å². The first kappa shape index (κ1) is 27.7. The maximum atomic E-state index is 5.47. The minimum atomic E-state index is -0.532. The molecule has 1 heterocycles. The Bertz CT molecular complexity index is 2470. The summed E-state index contributed by atoms with van der Waals surface area (Å²) < 4.78 is 0. The van der Waals surface area contributed by atoms with Crippen molar-refractivity contribution < 1.29 is 0 Å². The van der Waals surface area contributed by atoms with E-state index in [9.17, 15) is 0 Å². The van der Waals surface area contributed by atoms with E-state index >= 15 is 0 Å². The van der Waals surface area contributed by atoms with Crippen LogP contribution in [0.15, 0.2) is 182 Å². The first-order valence-corrected chi connectivity index (χ1v) is 16.8. The van der Waals surface area contributed by atoms with Gasteiger partial charge in [0.05, 0.1) is 16.8 Å². The van der Waals surface area contributed by atoms with Crippen molar-refractivity contribution in [1.82, 2.24) is 9.97 Å². The Balaban J connectivity index is 1.20. The van der Waals surface area contributed by atoms with E-state index in [1.54, 1.807) is 0 Å². The first-order valence-electron chi connectivity index (χ1n) is 16.8. The topological polar surface area (TPSA) is 25.8 Å². The molecule has 2 heteroatoms. The van der Waals surface area contributed by atoms with Gasteiger partial charge in [-0.05, 0) is 50.1 Å². The molecule has 2 aliphatic carbocycles. The number of nitrogens with zero attached hydrogens (tertiary/aromatic N) is 2. The van der Waals surface area contributed by atoms with Crippen LogP contribution in [0.3, 0.4) is 0 Å². The van der Waals surface area contributed by atoms with Gasteiger partial charge in [-0.15, -0.1) is 0 Å². The number of aromatic nitrogens is 2. The lowest BCUT2D eigenvalue weighted by atomic mass is 9.69. The molecule has 0 atom stereocenters. The number of rotatable bonds is 4. The maximum Gasteiger partial charge on any atom is 0.160 e. The number of hydrogen-bond acceptors (Lipinski definition) is 2. The van der Waals surface area contributed by atoms with Crippen molar-refractivity contribution in [3.8, 4) is 67.3 Å². The van der Waals surface area contributed by atoms with Crippen LogP contribution in [0.1, 0.15) is 22.3 Å². The monoisotopic (exact) mass is 622 g/mol. The molecule has 0 radical (unpaired) electrons. The van der Waals surface area contributed by atoms with Crippen molar-refractivity contribution in [2.75, 3.05) is 0 Å². The molecule has 228 valence electrons. The molecule has 0 unspecified atom stereocenters. The zero-order valence-electron chi connectivity index (χ0n) is 26.7. The third-order valence-corrected chi connectivity index (χ3v) is 10.3. The second-order valence-electron chi connectivity index (χ2n) is 12.9. The van der Waals surface area contributed by atoms with Gasteiger partial charge in [0, 0.05) is 22.3 Å². The second-order valence-corrected chi connectivity index (χ2v) is 12.9. The molecule has 10 rings (SSSR count). The molecule has 1 aromatic heterocycles. The largest absolute Gasteiger partial charge is 0.228 e. The molecule has 7 aromatic carbocycles. The lowest BCUT2D eigenvalue weighted by Gasteiger charge is -2.31. The minimum absolute atomic E-state index is 0.532. The quantitative estimate of drug-likeness (QED) is 0.195. The van der Waals surface area contributed by atoms with Crippen molar-refractivity contribution in [3.63, 3.8) is 0 Å².